The predicted molar refractivity (Wildman–Crippen MR) is 70.0 cm³/mol. The topological polar surface area (TPSA) is 58.6 Å². The van der Waals surface area contributed by atoms with Gasteiger partial charge in [-0.15, -0.1) is 0 Å². The largest absolute Gasteiger partial charge is 0.401 e. The quantitative estimate of drug-likeness (QED) is 0.613. The molecule has 2 aliphatic rings. The lowest BCUT2D eigenvalue weighted by Gasteiger charge is -2.30. The smallest absolute Gasteiger partial charge is 0.0507 e. The highest BCUT2D eigenvalue weighted by atomic mass is 127. The number of halogens is 1. The summed E-state index contributed by atoms with van der Waals surface area (Å²) in [7, 11) is 0. The minimum Gasteiger partial charge on any atom is -0.401 e. The monoisotopic (exact) mass is 320 g/mol. The SMILES string of the molecule is NC(=C(I)C=NC1CC(CO)C1)C1CC1. The third kappa shape index (κ3) is 2.93. The number of aliphatic hydroxyl groups excluding tert-OH is 1. The average Bonchev–Trinajstić information content (AvgIpc) is 2.97. The molecule has 0 spiro atoms. The zero-order valence-corrected chi connectivity index (χ0v) is 10.9. The fourth-order valence-electron chi connectivity index (χ4n) is 1.81. The molecular formula is C11H17IN2O. The molecule has 0 atom stereocenters. The first-order valence-corrected chi connectivity index (χ1v) is 6.57. The van der Waals surface area contributed by atoms with Gasteiger partial charge in [-0.1, -0.05) is 0 Å². The maximum atomic E-state index is 8.87. The van der Waals surface area contributed by atoms with E-state index in [-0.39, 0.29) is 0 Å². The van der Waals surface area contributed by atoms with Gasteiger partial charge in [0.25, 0.3) is 0 Å². The Hall–Kier alpha value is -0.100. The zero-order chi connectivity index (χ0) is 10.8. The molecule has 0 radical (unpaired) electrons. The van der Waals surface area contributed by atoms with E-state index >= 15 is 0 Å². The minimum atomic E-state index is 0.309. The summed E-state index contributed by atoms with van der Waals surface area (Å²) in [5.41, 5.74) is 6.97. The standard InChI is InChI=1S/C11H17IN2O/c12-10(11(13)8-1-2-8)5-14-9-3-7(4-9)6-15/h5,7-9,15H,1-4,6,13H2. The maximum absolute atomic E-state index is 8.87. The highest BCUT2D eigenvalue weighted by Crippen LogP contribution is 2.36. The van der Waals surface area contributed by atoms with E-state index in [0.717, 1.165) is 22.1 Å². The predicted octanol–water partition coefficient (Wildman–Crippen LogP) is 1.84. The second-order valence-corrected chi connectivity index (χ2v) is 5.69. The van der Waals surface area contributed by atoms with E-state index in [1.54, 1.807) is 0 Å². The molecule has 15 heavy (non-hydrogen) atoms. The van der Waals surface area contributed by atoms with Gasteiger partial charge >= 0.3 is 0 Å². The highest BCUT2D eigenvalue weighted by molar-refractivity contribution is 14.1. The number of rotatable bonds is 4. The molecule has 0 aliphatic heterocycles. The molecule has 2 rings (SSSR count). The summed E-state index contributed by atoms with van der Waals surface area (Å²) in [6, 6.07) is 0.416. The maximum Gasteiger partial charge on any atom is 0.0507 e. The Balaban J connectivity index is 1.81. The van der Waals surface area contributed by atoms with Crippen molar-refractivity contribution in [3.05, 3.63) is 9.28 Å². The lowest BCUT2D eigenvalue weighted by molar-refractivity contribution is 0.145. The van der Waals surface area contributed by atoms with Crippen LogP contribution in [-0.2, 0) is 0 Å². The molecule has 0 heterocycles. The van der Waals surface area contributed by atoms with Crippen LogP contribution >= 0.6 is 22.6 Å². The van der Waals surface area contributed by atoms with E-state index in [9.17, 15) is 0 Å². The van der Waals surface area contributed by atoms with E-state index in [2.05, 4.69) is 27.6 Å². The number of allylic oxidation sites excluding steroid dienone is 2. The van der Waals surface area contributed by atoms with E-state index in [0.29, 0.717) is 24.5 Å². The summed E-state index contributed by atoms with van der Waals surface area (Å²) >= 11 is 2.27. The number of nitrogens with zero attached hydrogens (tertiary/aromatic N) is 1. The van der Waals surface area contributed by atoms with Crippen LogP contribution in [0.15, 0.2) is 14.3 Å². The molecule has 0 amide bonds. The average molecular weight is 320 g/mol. The number of hydrogen-bond acceptors (Lipinski definition) is 3. The van der Waals surface area contributed by atoms with Crippen molar-refractivity contribution >= 4 is 28.8 Å². The van der Waals surface area contributed by atoms with Gasteiger partial charge in [0.1, 0.15) is 0 Å². The summed E-state index contributed by atoms with van der Waals surface area (Å²) in [4.78, 5) is 4.48. The van der Waals surface area contributed by atoms with Gasteiger partial charge in [0, 0.05) is 22.1 Å². The van der Waals surface area contributed by atoms with Crippen molar-refractivity contribution in [2.24, 2.45) is 22.6 Å². The van der Waals surface area contributed by atoms with Crippen molar-refractivity contribution in [3.8, 4) is 0 Å². The molecule has 84 valence electrons. The molecule has 2 fully saturated rings. The Bertz CT molecular complexity index is 291. The first-order valence-electron chi connectivity index (χ1n) is 5.50. The van der Waals surface area contributed by atoms with Crippen molar-refractivity contribution in [1.29, 1.82) is 0 Å². The normalized spacial score (nSPS) is 32.7. The van der Waals surface area contributed by atoms with Crippen LogP contribution in [0.1, 0.15) is 25.7 Å². The van der Waals surface area contributed by atoms with Crippen molar-refractivity contribution in [2.75, 3.05) is 6.61 Å². The summed E-state index contributed by atoms with van der Waals surface area (Å²) in [5.74, 6) is 1.10. The van der Waals surface area contributed by atoms with Gasteiger partial charge in [0.2, 0.25) is 0 Å². The summed E-state index contributed by atoms with van der Waals surface area (Å²) in [5, 5.41) is 8.87. The molecule has 0 aromatic carbocycles. The number of nitrogens with two attached hydrogens (primary N) is 1. The third-order valence-corrected chi connectivity index (χ3v) is 4.06. The van der Waals surface area contributed by atoms with Crippen molar-refractivity contribution < 1.29 is 5.11 Å². The first kappa shape index (κ1) is 11.4. The number of aliphatic imine (C=N–C) groups is 1. The molecule has 4 heteroatoms. The molecule has 0 bridgehead atoms. The Labute approximate surface area is 104 Å². The molecule has 2 aliphatic carbocycles. The molecule has 0 unspecified atom stereocenters. The lowest BCUT2D eigenvalue weighted by atomic mass is 9.81. The van der Waals surface area contributed by atoms with Gasteiger partial charge in [0.05, 0.1) is 6.04 Å². The van der Waals surface area contributed by atoms with Gasteiger partial charge < -0.3 is 10.8 Å². The van der Waals surface area contributed by atoms with Gasteiger partial charge in [-0.3, -0.25) is 4.99 Å². The van der Waals surface area contributed by atoms with Crippen LogP contribution in [-0.4, -0.2) is 24.0 Å². The highest BCUT2D eigenvalue weighted by Gasteiger charge is 2.28. The summed E-state index contributed by atoms with van der Waals surface area (Å²) in [6.45, 7) is 0.309. The van der Waals surface area contributed by atoms with Crippen LogP contribution < -0.4 is 5.73 Å². The van der Waals surface area contributed by atoms with E-state index in [4.69, 9.17) is 10.8 Å². The molecule has 3 N–H and O–H groups in total. The first-order chi connectivity index (χ1) is 7.20. The Morgan fingerprint density at radius 2 is 2.13 bits per heavy atom. The Kier molecular flexibility index (Phi) is 3.66. The zero-order valence-electron chi connectivity index (χ0n) is 8.69. The van der Waals surface area contributed by atoms with Crippen LogP contribution in [0.5, 0.6) is 0 Å². The Morgan fingerprint density at radius 3 is 2.67 bits per heavy atom. The lowest BCUT2D eigenvalue weighted by Crippen LogP contribution is -2.29. The van der Waals surface area contributed by atoms with E-state index in [1.807, 2.05) is 6.21 Å². The van der Waals surface area contributed by atoms with Gasteiger partial charge in [-0.25, -0.2) is 0 Å². The van der Waals surface area contributed by atoms with Crippen LogP contribution in [0.25, 0.3) is 0 Å². The molecule has 3 nitrogen and oxygen atoms in total. The third-order valence-electron chi connectivity index (χ3n) is 3.16. The summed E-state index contributed by atoms with van der Waals surface area (Å²) in [6.07, 6.45) is 6.44. The fraction of sp³-hybridized carbons (Fsp3) is 0.727. The second kappa shape index (κ2) is 4.82. The van der Waals surface area contributed by atoms with Gasteiger partial charge in [-0.2, -0.15) is 0 Å². The van der Waals surface area contributed by atoms with E-state index < -0.39 is 0 Å². The molecule has 0 aromatic heterocycles. The van der Waals surface area contributed by atoms with E-state index in [1.165, 1.54) is 12.8 Å². The van der Waals surface area contributed by atoms with Crippen LogP contribution in [0.4, 0.5) is 0 Å². The minimum absolute atomic E-state index is 0.309. The van der Waals surface area contributed by atoms with Crippen molar-refractivity contribution in [3.63, 3.8) is 0 Å². The van der Waals surface area contributed by atoms with Crippen LogP contribution in [0, 0.1) is 11.8 Å². The molecule has 2 saturated carbocycles. The van der Waals surface area contributed by atoms with Gasteiger partial charge in [0.15, 0.2) is 0 Å². The number of aliphatic hydroxyl groups is 1. The molecular weight excluding hydrogens is 303 g/mol. The van der Waals surface area contributed by atoms with Crippen molar-refractivity contribution in [1.82, 2.24) is 0 Å². The van der Waals surface area contributed by atoms with Gasteiger partial charge in [-0.05, 0) is 60.1 Å². The van der Waals surface area contributed by atoms with Crippen LogP contribution in [0.2, 0.25) is 0 Å². The molecule has 0 aromatic rings. The van der Waals surface area contributed by atoms with Crippen molar-refractivity contribution in [2.45, 2.75) is 31.7 Å². The summed E-state index contributed by atoms with van der Waals surface area (Å²) < 4.78 is 1.10. The number of hydrogen-bond donors (Lipinski definition) is 2. The fourth-order valence-corrected chi connectivity index (χ4v) is 2.41. The second-order valence-electron chi connectivity index (χ2n) is 4.53. The molecule has 0 saturated heterocycles. The Morgan fingerprint density at radius 1 is 1.47 bits per heavy atom. The van der Waals surface area contributed by atoms with Crippen LogP contribution in [0.3, 0.4) is 0 Å².